The average Bonchev–Trinajstić information content (AvgIpc) is 2.81. The molecule has 2 rings (SSSR count). The molecule has 0 bridgehead atoms. The van der Waals surface area contributed by atoms with Gasteiger partial charge < -0.3 is 19.3 Å². The summed E-state index contributed by atoms with van der Waals surface area (Å²) in [5, 5.41) is 10.1. The molecular formula is C14H18O5. The number of hydrogen-bond donors (Lipinski definition) is 1. The van der Waals surface area contributed by atoms with E-state index in [2.05, 4.69) is 0 Å². The van der Waals surface area contributed by atoms with Gasteiger partial charge in [0, 0.05) is 6.07 Å². The first-order valence-corrected chi connectivity index (χ1v) is 6.18. The topological polar surface area (TPSA) is 65.0 Å². The monoisotopic (exact) mass is 266 g/mol. The first kappa shape index (κ1) is 13.7. The van der Waals surface area contributed by atoms with Crippen molar-refractivity contribution in [2.45, 2.75) is 26.4 Å². The quantitative estimate of drug-likeness (QED) is 0.826. The van der Waals surface area contributed by atoms with E-state index in [1.807, 2.05) is 13.8 Å². The largest absolute Gasteiger partial charge is 0.490 e. The van der Waals surface area contributed by atoms with E-state index in [1.165, 1.54) is 0 Å². The number of carbonyl (C=O) groups is 1. The zero-order valence-corrected chi connectivity index (χ0v) is 11.3. The van der Waals surface area contributed by atoms with Gasteiger partial charge in [-0.05, 0) is 18.9 Å². The molecule has 1 N–H and O–H groups in total. The highest BCUT2D eigenvalue weighted by Crippen LogP contribution is 2.37. The Balaban J connectivity index is 2.18. The molecule has 1 atom stereocenters. The van der Waals surface area contributed by atoms with E-state index in [4.69, 9.17) is 14.2 Å². The molecule has 1 aromatic carbocycles. The van der Waals surface area contributed by atoms with E-state index >= 15 is 0 Å². The molecule has 1 aliphatic heterocycles. The molecule has 0 saturated carbocycles. The zero-order chi connectivity index (χ0) is 14.0. The lowest BCUT2D eigenvalue weighted by Gasteiger charge is -2.27. The van der Waals surface area contributed by atoms with Crippen LogP contribution in [0.15, 0.2) is 12.1 Å². The average molecular weight is 266 g/mol. The standard InChI is InChI=1S/C14H18O5/c1-9(2)14(3,16)7-17-11-5-13-12(18-8-19-13)4-10(11)6-15/h4-6,9,16H,7-8H2,1-3H3. The highest BCUT2D eigenvalue weighted by Gasteiger charge is 2.27. The first-order valence-electron chi connectivity index (χ1n) is 6.18. The van der Waals surface area contributed by atoms with E-state index in [0.717, 1.165) is 0 Å². The summed E-state index contributed by atoms with van der Waals surface area (Å²) in [5.41, 5.74) is -0.583. The lowest BCUT2D eigenvalue weighted by Crippen LogP contribution is -2.37. The van der Waals surface area contributed by atoms with Gasteiger partial charge in [-0.1, -0.05) is 13.8 Å². The van der Waals surface area contributed by atoms with E-state index < -0.39 is 5.60 Å². The van der Waals surface area contributed by atoms with E-state index in [-0.39, 0.29) is 19.3 Å². The van der Waals surface area contributed by atoms with Crippen molar-refractivity contribution in [1.82, 2.24) is 0 Å². The number of ether oxygens (including phenoxy) is 3. The fourth-order valence-corrected chi connectivity index (χ4v) is 1.55. The normalized spacial score (nSPS) is 16.3. The van der Waals surface area contributed by atoms with Gasteiger partial charge in [-0.2, -0.15) is 0 Å². The van der Waals surface area contributed by atoms with Gasteiger partial charge in [-0.15, -0.1) is 0 Å². The van der Waals surface area contributed by atoms with Crippen LogP contribution in [0.25, 0.3) is 0 Å². The molecule has 0 spiro atoms. The summed E-state index contributed by atoms with van der Waals surface area (Å²) in [6, 6.07) is 3.19. The summed E-state index contributed by atoms with van der Waals surface area (Å²) in [6.07, 6.45) is 0.696. The lowest BCUT2D eigenvalue weighted by molar-refractivity contribution is -0.0268. The third-order valence-electron chi connectivity index (χ3n) is 3.40. The van der Waals surface area contributed by atoms with Crippen molar-refractivity contribution in [3.63, 3.8) is 0 Å². The molecule has 0 aliphatic carbocycles. The summed E-state index contributed by atoms with van der Waals surface area (Å²) >= 11 is 0. The van der Waals surface area contributed by atoms with Crippen molar-refractivity contribution in [2.24, 2.45) is 5.92 Å². The second-order valence-electron chi connectivity index (χ2n) is 5.16. The Labute approximate surface area is 112 Å². The van der Waals surface area contributed by atoms with Crippen LogP contribution in [0.3, 0.4) is 0 Å². The zero-order valence-electron chi connectivity index (χ0n) is 11.3. The summed E-state index contributed by atoms with van der Waals surface area (Å²) in [4.78, 5) is 11.0. The summed E-state index contributed by atoms with van der Waals surface area (Å²) in [7, 11) is 0. The molecule has 1 aromatic rings. The number of fused-ring (bicyclic) bond motifs is 1. The van der Waals surface area contributed by atoms with E-state index in [1.54, 1.807) is 19.1 Å². The molecule has 1 aliphatic rings. The van der Waals surface area contributed by atoms with Crippen LogP contribution in [0.5, 0.6) is 17.2 Å². The van der Waals surface area contributed by atoms with E-state index in [9.17, 15) is 9.90 Å². The number of benzene rings is 1. The van der Waals surface area contributed by atoms with Crippen LogP contribution in [0, 0.1) is 5.92 Å². The Morgan fingerprint density at radius 2 is 2.05 bits per heavy atom. The minimum Gasteiger partial charge on any atom is -0.490 e. The maximum atomic E-state index is 11.0. The minimum atomic E-state index is -0.962. The molecule has 0 amide bonds. The molecule has 5 nitrogen and oxygen atoms in total. The van der Waals surface area contributed by atoms with Crippen molar-refractivity contribution < 1.29 is 24.1 Å². The maximum absolute atomic E-state index is 11.0. The maximum Gasteiger partial charge on any atom is 0.231 e. The van der Waals surface area contributed by atoms with Gasteiger partial charge in [-0.3, -0.25) is 4.79 Å². The molecule has 5 heteroatoms. The summed E-state index contributed by atoms with van der Waals surface area (Å²) < 4.78 is 16.0. The highest BCUT2D eigenvalue weighted by molar-refractivity contribution is 5.81. The van der Waals surface area contributed by atoms with E-state index in [0.29, 0.717) is 29.1 Å². The number of aldehydes is 1. The van der Waals surface area contributed by atoms with Gasteiger partial charge in [0.2, 0.25) is 6.79 Å². The smallest absolute Gasteiger partial charge is 0.231 e. The first-order chi connectivity index (χ1) is 8.94. The predicted molar refractivity (Wildman–Crippen MR) is 68.9 cm³/mol. The summed E-state index contributed by atoms with van der Waals surface area (Å²) in [5.74, 6) is 1.51. The Hall–Kier alpha value is -1.75. The van der Waals surface area contributed by atoms with Gasteiger partial charge in [-0.25, -0.2) is 0 Å². The molecular weight excluding hydrogens is 248 g/mol. The molecule has 1 unspecified atom stereocenters. The second-order valence-corrected chi connectivity index (χ2v) is 5.16. The molecule has 1 heterocycles. The Morgan fingerprint density at radius 1 is 1.42 bits per heavy atom. The molecule has 0 radical (unpaired) electrons. The Bertz CT molecular complexity index is 479. The van der Waals surface area contributed by atoms with Gasteiger partial charge in [0.25, 0.3) is 0 Å². The molecule has 19 heavy (non-hydrogen) atoms. The number of aliphatic hydroxyl groups is 1. The third kappa shape index (κ3) is 2.81. The van der Waals surface area contributed by atoms with Gasteiger partial charge in [0.1, 0.15) is 12.4 Å². The third-order valence-corrected chi connectivity index (χ3v) is 3.40. The Kier molecular flexibility index (Phi) is 3.66. The second kappa shape index (κ2) is 5.09. The number of rotatable bonds is 5. The Morgan fingerprint density at radius 3 is 2.63 bits per heavy atom. The predicted octanol–water partition coefficient (Wildman–Crippen LogP) is 2.01. The fraction of sp³-hybridized carbons (Fsp3) is 0.500. The molecule has 0 saturated heterocycles. The molecule has 0 aromatic heterocycles. The number of carbonyl (C=O) groups excluding carboxylic acids is 1. The van der Waals surface area contributed by atoms with Gasteiger partial charge >= 0.3 is 0 Å². The SMILES string of the molecule is CC(C)C(C)(O)COc1cc2c(cc1C=O)OCO2. The molecule has 104 valence electrons. The van der Waals surface area contributed by atoms with Crippen molar-refractivity contribution in [3.8, 4) is 17.2 Å². The van der Waals surface area contributed by atoms with Crippen LogP contribution < -0.4 is 14.2 Å². The van der Waals surface area contributed by atoms with Gasteiger partial charge in [0.15, 0.2) is 17.8 Å². The minimum absolute atomic E-state index is 0.0428. The van der Waals surface area contributed by atoms with Crippen LogP contribution in [0.1, 0.15) is 31.1 Å². The fourth-order valence-electron chi connectivity index (χ4n) is 1.55. The highest BCUT2D eigenvalue weighted by atomic mass is 16.7. The lowest BCUT2D eigenvalue weighted by atomic mass is 9.94. The summed E-state index contributed by atoms with van der Waals surface area (Å²) in [6.45, 7) is 5.75. The van der Waals surface area contributed by atoms with Crippen LogP contribution in [0.2, 0.25) is 0 Å². The van der Waals surface area contributed by atoms with Crippen LogP contribution in [-0.4, -0.2) is 30.4 Å². The van der Waals surface area contributed by atoms with Crippen molar-refractivity contribution >= 4 is 6.29 Å². The van der Waals surface area contributed by atoms with Crippen LogP contribution in [0.4, 0.5) is 0 Å². The number of hydrogen-bond acceptors (Lipinski definition) is 5. The van der Waals surface area contributed by atoms with Crippen molar-refractivity contribution in [3.05, 3.63) is 17.7 Å². The molecule has 0 fully saturated rings. The van der Waals surface area contributed by atoms with Crippen molar-refractivity contribution in [2.75, 3.05) is 13.4 Å². The van der Waals surface area contributed by atoms with Crippen LogP contribution >= 0.6 is 0 Å². The van der Waals surface area contributed by atoms with Gasteiger partial charge in [0.05, 0.1) is 11.2 Å². The van der Waals surface area contributed by atoms with Crippen molar-refractivity contribution in [1.29, 1.82) is 0 Å². The van der Waals surface area contributed by atoms with Crippen LogP contribution in [-0.2, 0) is 0 Å².